The van der Waals surface area contributed by atoms with Gasteiger partial charge in [0.25, 0.3) is 0 Å². The zero-order valence-electron chi connectivity index (χ0n) is 25.3. The largest absolute Gasteiger partial charge is 0.462 e. The molecule has 6 atom stereocenters. The van der Waals surface area contributed by atoms with Crippen LogP contribution in [0, 0.1) is 5.92 Å². The van der Waals surface area contributed by atoms with Crippen molar-refractivity contribution in [1.82, 2.24) is 19.5 Å². The number of aromatic nitrogens is 2. The summed E-state index contributed by atoms with van der Waals surface area (Å²) in [6.45, 7) is 5.11. The second-order valence-corrected chi connectivity index (χ2v) is 13.0. The first-order valence-corrected chi connectivity index (χ1v) is 16.0. The Morgan fingerprint density at radius 1 is 1.22 bits per heavy atom. The first kappa shape index (κ1) is 34.6. The molecule has 2 aromatic rings. The van der Waals surface area contributed by atoms with Crippen LogP contribution in [-0.4, -0.2) is 88.5 Å². The van der Waals surface area contributed by atoms with E-state index in [1.165, 1.54) is 25.1 Å². The smallest absolute Gasteiger partial charge is 0.459 e. The minimum atomic E-state index is -4.46. The van der Waals surface area contributed by atoms with E-state index in [0.717, 1.165) is 19.2 Å². The number of nitrogens with zero attached hydrogens (tertiary/aromatic N) is 3. The van der Waals surface area contributed by atoms with Gasteiger partial charge in [-0.05, 0) is 65.4 Å². The SMILES string of the molecule is CC(C)OC(=O)C(C)NP(=O)(OCC1OC(n2ccc(NC(=O)C3CCCN(C)C3)nc2=O)C(F)(F)C1O)Oc1ccccc1. The van der Waals surface area contributed by atoms with Gasteiger partial charge in [0, 0.05) is 12.7 Å². The van der Waals surface area contributed by atoms with E-state index in [1.807, 2.05) is 11.9 Å². The Bertz CT molecular complexity index is 1450. The molecule has 1 aromatic heterocycles. The molecule has 1 aromatic carbocycles. The quantitative estimate of drug-likeness (QED) is 0.226. The average Bonchev–Trinajstić information content (AvgIpc) is 3.19. The Morgan fingerprint density at radius 2 is 1.93 bits per heavy atom. The first-order valence-electron chi connectivity index (χ1n) is 14.5. The monoisotopic (exact) mass is 657 g/mol. The number of hydrogen-bond acceptors (Lipinski definition) is 11. The third-order valence-corrected chi connectivity index (χ3v) is 8.79. The summed E-state index contributed by atoms with van der Waals surface area (Å²) in [5.41, 5.74) is -1.16. The predicted molar refractivity (Wildman–Crippen MR) is 157 cm³/mol. The van der Waals surface area contributed by atoms with Gasteiger partial charge in [0.2, 0.25) is 12.1 Å². The topological polar surface area (TPSA) is 171 Å². The summed E-state index contributed by atoms with van der Waals surface area (Å²) < 4.78 is 66.0. The molecule has 2 fully saturated rings. The van der Waals surface area contributed by atoms with E-state index < -0.39 is 62.5 Å². The maximum absolute atomic E-state index is 15.2. The van der Waals surface area contributed by atoms with Crippen molar-refractivity contribution >= 4 is 25.4 Å². The van der Waals surface area contributed by atoms with Crippen LogP contribution in [0.25, 0.3) is 0 Å². The van der Waals surface area contributed by atoms with Gasteiger partial charge in [0.1, 0.15) is 23.7 Å². The number of hydrogen-bond donors (Lipinski definition) is 3. The Balaban J connectivity index is 1.46. The van der Waals surface area contributed by atoms with Crippen LogP contribution >= 0.6 is 7.75 Å². The number of benzene rings is 1. The summed E-state index contributed by atoms with van der Waals surface area (Å²) in [5.74, 6) is -5.48. The zero-order chi connectivity index (χ0) is 32.9. The van der Waals surface area contributed by atoms with Crippen LogP contribution in [0.2, 0.25) is 0 Å². The van der Waals surface area contributed by atoms with Crippen molar-refractivity contribution in [2.45, 2.75) is 70.1 Å². The molecule has 248 valence electrons. The highest BCUT2D eigenvalue weighted by molar-refractivity contribution is 7.52. The number of halogens is 2. The van der Waals surface area contributed by atoms with Crippen LogP contribution in [0.5, 0.6) is 5.75 Å². The van der Waals surface area contributed by atoms with Crippen molar-refractivity contribution in [2.24, 2.45) is 5.92 Å². The lowest BCUT2D eigenvalue weighted by atomic mass is 9.98. The van der Waals surface area contributed by atoms with E-state index in [2.05, 4.69) is 15.4 Å². The molecule has 4 rings (SSSR count). The van der Waals surface area contributed by atoms with Gasteiger partial charge in [-0.1, -0.05) is 18.2 Å². The fourth-order valence-corrected chi connectivity index (χ4v) is 6.38. The van der Waals surface area contributed by atoms with E-state index in [-0.39, 0.29) is 23.4 Å². The lowest BCUT2D eigenvalue weighted by molar-refractivity contribution is -0.149. The molecule has 3 N–H and O–H groups in total. The minimum Gasteiger partial charge on any atom is -0.462 e. The summed E-state index contributed by atoms with van der Waals surface area (Å²) in [5, 5.41) is 15.4. The molecule has 2 aliphatic rings. The van der Waals surface area contributed by atoms with Gasteiger partial charge in [-0.15, -0.1) is 0 Å². The summed E-state index contributed by atoms with van der Waals surface area (Å²) in [6, 6.07) is 7.73. The highest BCUT2D eigenvalue weighted by Gasteiger charge is 2.60. The summed E-state index contributed by atoms with van der Waals surface area (Å²) in [7, 11) is -2.57. The normalized spacial score (nSPS) is 25.3. The van der Waals surface area contributed by atoms with Crippen LogP contribution < -0.4 is 20.6 Å². The van der Waals surface area contributed by atoms with Crippen molar-refractivity contribution in [2.75, 3.05) is 32.1 Å². The molecule has 14 nitrogen and oxygen atoms in total. The number of likely N-dealkylation sites (tertiary alicyclic amines) is 1. The van der Waals surface area contributed by atoms with Crippen LogP contribution in [0.4, 0.5) is 14.6 Å². The maximum atomic E-state index is 15.2. The fraction of sp³-hybridized carbons (Fsp3) is 0.571. The molecule has 45 heavy (non-hydrogen) atoms. The van der Waals surface area contributed by atoms with Crippen molar-refractivity contribution in [3.05, 3.63) is 53.1 Å². The third-order valence-electron chi connectivity index (χ3n) is 7.14. The van der Waals surface area contributed by atoms with E-state index in [4.69, 9.17) is 18.5 Å². The molecule has 2 aliphatic heterocycles. The lowest BCUT2D eigenvalue weighted by Gasteiger charge is -2.28. The number of amides is 1. The number of piperidine rings is 1. The van der Waals surface area contributed by atoms with Gasteiger partial charge < -0.3 is 29.3 Å². The second kappa shape index (κ2) is 14.4. The van der Waals surface area contributed by atoms with E-state index in [1.54, 1.807) is 32.0 Å². The molecule has 1 amide bonds. The number of aliphatic hydroxyl groups is 1. The number of alkyl halides is 2. The predicted octanol–water partition coefficient (Wildman–Crippen LogP) is 2.55. The number of esters is 1. The summed E-state index contributed by atoms with van der Waals surface area (Å²) in [4.78, 5) is 43.5. The van der Waals surface area contributed by atoms with Crippen LogP contribution in [0.1, 0.15) is 39.8 Å². The zero-order valence-corrected chi connectivity index (χ0v) is 26.2. The van der Waals surface area contributed by atoms with Crippen molar-refractivity contribution in [3.63, 3.8) is 0 Å². The molecule has 3 heterocycles. The molecule has 17 heteroatoms. The highest BCUT2D eigenvalue weighted by atomic mass is 31.2. The molecular formula is C28H38F2N5O9P. The Morgan fingerprint density at radius 3 is 2.58 bits per heavy atom. The lowest BCUT2D eigenvalue weighted by Crippen LogP contribution is -2.42. The van der Waals surface area contributed by atoms with Crippen LogP contribution in [-0.2, 0) is 28.2 Å². The maximum Gasteiger partial charge on any atom is 0.459 e. The fourth-order valence-electron chi connectivity index (χ4n) is 4.88. The van der Waals surface area contributed by atoms with Gasteiger partial charge >= 0.3 is 25.3 Å². The Labute approximate surface area is 258 Å². The molecule has 6 unspecified atom stereocenters. The number of nitrogens with one attached hydrogen (secondary N) is 2. The average molecular weight is 658 g/mol. The molecule has 2 saturated heterocycles. The van der Waals surface area contributed by atoms with Crippen molar-refractivity contribution in [1.29, 1.82) is 0 Å². The Hall–Kier alpha value is -3.27. The van der Waals surface area contributed by atoms with Crippen molar-refractivity contribution < 1.29 is 46.6 Å². The van der Waals surface area contributed by atoms with Gasteiger partial charge in [-0.2, -0.15) is 18.9 Å². The van der Waals surface area contributed by atoms with Gasteiger partial charge in [-0.3, -0.25) is 18.7 Å². The summed E-state index contributed by atoms with van der Waals surface area (Å²) >= 11 is 0. The molecular weight excluding hydrogens is 619 g/mol. The number of anilines is 1. The molecule has 0 spiro atoms. The number of carbonyl (C=O) groups is 2. The molecule has 0 bridgehead atoms. The van der Waals surface area contributed by atoms with E-state index in [0.29, 0.717) is 17.5 Å². The van der Waals surface area contributed by atoms with E-state index >= 15 is 8.78 Å². The number of ether oxygens (including phenoxy) is 2. The van der Waals surface area contributed by atoms with Gasteiger partial charge in [0.15, 0.2) is 6.10 Å². The van der Waals surface area contributed by atoms with Crippen LogP contribution in [0.15, 0.2) is 47.4 Å². The molecule has 0 radical (unpaired) electrons. The number of para-hydroxylation sites is 1. The number of aliphatic hydroxyl groups excluding tert-OH is 1. The van der Waals surface area contributed by atoms with Gasteiger partial charge in [0.05, 0.1) is 18.6 Å². The number of rotatable bonds is 12. The highest BCUT2D eigenvalue weighted by Crippen LogP contribution is 2.48. The van der Waals surface area contributed by atoms with Gasteiger partial charge in [-0.25, -0.2) is 9.36 Å². The summed E-state index contributed by atoms with van der Waals surface area (Å²) in [6.07, 6.45) is -4.59. The molecule has 0 saturated carbocycles. The van der Waals surface area contributed by atoms with Crippen molar-refractivity contribution in [3.8, 4) is 5.75 Å². The Kier molecular flexibility index (Phi) is 11.1. The minimum absolute atomic E-state index is 0.0779. The number of carbonyl (C=O) groups excluding carboxylic acids is 2. The third kappa shape index (κ3) is 8.71. The second-order valence-electron chi connectivity index (χ2n) is 11.3. The standard InChI is InChI=1S/C28H38F2N5O9P/c1-17(2)42-25(38)18(3)33-45(40,44-20-10-6-5-7-11-20)41-16-21-23(36)28(29,30)26(43-21)35-14-12-22(32-27(35)39)31-24(37)19-9-8-13-34(4)15-19/h5-7,10-12,14,17-19,21,23,26,36H,8-9,13,15-16H2,1-4H3,(H,33,40)(H,31,32,37,39). The molecule has 0 aliphatic carbocycles. The van der Waals surface area contributed by atoms with E-state index in [9.17, 15) is 24.1 Å². The first-order chi connectivity index (χ1) is 21.2. The van der Waals surface area contributed by atoms with Crippen LogP contribution in [0.3, 0.4) is 0 Å².